The van der Waals surface area contributed by atoms with Gasteiger partial charge in [-0.15, -0.1) is 24.0 Å². The molecule has 0 radical (unpaired) electrons. The molecule has 1 aliphatic carbocycles. The predicted molar refractivity (Wildman–Crippen MR) is 96.3 cm³/mol. The lowest BCUT2D eigenvalue weighted by Crippen LogP contribution is -2.45. The number of halogens is 1. The molecule has 1 fully saturated rings. The maximum atomic E-state index is 6.11. The van der Waals surface area contributed by atoms with Crippen molar-refractivity contribution < 1.29 is 4.74 Å². The highest BCUT2D eigenvalue weighted by Crippen LogP contribution is 2.36. The molecule has 0 aromatic heterocycles. The highest BCUT2D eigenvalue weighted by molar-refractivity contribution is 14.0. The summed E-state index contributed by atoms with van der Waals surface area (Å²) in [6, 6.07) is 8.71. The predicted octanol–water partition coefficient (Wildman–Crippen LogP) is 2.06. The summed E-state index contributed by atoms with van der Waals surface area (Å²) < 4.78 is 5.34. The van der Waals surface area contributed by atoms with Crippen molar-refractivity contribution in [3.63, 3.8) is 0 Å². The van der Waals surface area contributed by atoms with E-state index in [2.05, 4.69) is 41.1 Å². The fourth-order valence-electron chi connectivity index (χ4n) is 3.16. The van der Waals surface area contributed by atoms with Crippen LogP contribution in [0.1, 0.15) is 18.1 Å². The van der Waals surface area contributed by atoms with Crippen molar-refractivity contribution in [2.24, 2.45) is 16.1 Å². The van der Waals surface area contributed by atoms with Crippen LogP contribution in [0.25, 0.3) is 0 Å². The molecule has 0 spiro atoms. The van der Waals surface area contributed by atoms with Crippen LogP contribution in [0.5, 0.6) is 0 Å². The van der Waals surface area contributed by atoms with Crippen molar-refractivity contribution in [2.45, 2.75) is 19.8 Å². The van der Waals surface area contributed by atoms with Gasteiger partial charge in [0, 0.05) is 19.6 Å². The van der Waals surface area contributed by atoms with Gasteiger partial charge in [-0.3, -0.25) is 4.99 Å². The van der Waals surface area contributed by atoms with Gasteiger partial charge in [0.05, 0.1) is 13.2 Å². The number of ether oxygens (including phenoxy) is 1. The average Bonchev–Trinajstić information content (AvgIpc) is 2.82. The number of morpholine rings is 1. The summed E-state index contributed by atoms with van der Waals surface area (Å²) in [5, 5.41) is 0. The molecular formula is C16H24IN3O. The number of hydrogen-bond donors (Lipinski definition) is 1. The van der Waals surface area contributed by atoms with E-state index in [4.69, 9.17) is 10.5 Å². The van der Waals surface area contributed by atoms with E-state index >= 15 is 0 Å². The van der Waals surface area contributed by atoms with Crippen molar-refractivity contribution >= 4 is 29.9 Å². The maximum Gasteiger partial charge on any atom is 0.191 e. The van der Waals surface area contributed by atoms with E-state index in [9.17, 15) is 0 Å². The molecule has 1 heterocycles. The summed E-state index contributed by atoms with van der Waals surface area (Å²) in [7, 11) is 0. The minimum atomic E-state index is 0. The summed E-state index contributed by atoms with van der Waals surface area (Å²) in [5.74, 6) is 0.672. The number of guanidine groups is 1. The van der Waals surface area contributed by atoms with Crippen molar-refractivity contribution in [3.05, 3.63) is 35.4 Å². The first-order valence-electron chi connectivity index (χ1n) is 7.36. The van der Waals surface area contributed by atoms with Crippen molar-refractivity contribution in [1.29, 1.82) is 0 Å². The van der Waals surface area contributed by atoms with Gasteiger partial charge < -0.3 is 15.4 Å². The molecule has 3 rings (SSSR count). The quantitative estimate of drug-likeness (QED) is 0.469. The van der Waals surface area contributed by atoms with E-state index < -0.39 is 0 Å². The summed E-state index contributed by atoms with van der Waals surface area (Å²) >= 11 is 0. The molecule has 1 aliphatic heterocycles. The molecule has 116 valence electrons. The van der Waals surface area contributed by atoms with Crippen molar-refractivity contribution in [2.75, 3.05) is 32.8 Å². The number of fused-ring (bicyclic) bond motifs is 1. The Balaban J connectivity index is 0.00000161. The third kappa shape index (κ3) is 3.88. The minimum absolute atomic E-state index is 0. The lowest BCUT2D eigenvalue weighted by molar-refractivity contribution is 0.0673. The zero-order valence-corrected chi connectivity index (χ0v) is 14.9. The molecule has 0 saturated carbocycles. The van der Waals surface area contributed by atoms with Crippen LogP contribution in [-0.2, 0) is 17.6 Å². The molecule has 21 heavy (non-hydrogen) atoms. The Bertz CT molecular complexity index is 487. The molecule has 0 amide bonds. The van der Waals surface area contributed by atoms with E-state index in [-0.39, 0.29) is 29.4 Å². The van der Waals surface area contributed by atoms with E-state index in [0.717, 1.165) is 45.7 Å². The molecule has 0 bridgehead atoms. The summed E-state index contributed by atoms with van der Waals surface area (Å²) in [4.78, 5) is 6.77. The van der Waals surface area contributed by atoms with Gasteiger partial charge in [-0.05, 0) is 29.4 Å². The minimum Gasteiger partial charge on any atom is -0.378 e. The lowest BCUT2D eigenvalue weighted by atomic mass is 9.87. The highest BCUT2D eigenvalue weighted by Gasteiger charge is 2.32. The van der Waals surface area contributed by atoms with Crippen LogP contribution in [0, 0.1) is 5.41 Å². The van der Waals surface area contributed by atoms with Crippen LogP contribution in [0.2, 0.25) is 0 Å². The molecular weight excluding hydrogens is 377 g/mol. The molecule has 1 aromatic carbocycles. The Morgan fingerprint density at radius 3 is 2.38 bits per heavy atom. The first kappa shape index (κ1) is 16.5. The SMILES string of the molecule is CC1(CN=C(N)N2CCOCC2)Cc2ccccc2C1.I. The number of nitrogens with two attached hydrogens (primary N) is 1. The monoisotopic (exact) mass is 401 g/mol. The summed E-state index contributed by atoms with van der Waals surface area (Å²) in [6.07, 6.45) is 2.20. The Kier molecular flexibility index (Phi) is 5.48. The number of hydrogen-bond acceptors (Lipinski definition) is 2. The number of rotatable bonds is 2. The Labute approximate surface area is 143 Å². The molecule has 1 aromatic rings. The Morgan fingerprint density at radius 1 is 1.24 bits per heavy atom. The third-order valence-electron chi connectivity index (χ3n) is 4.31. The third-order valence-corrected chi connectivity index (χ3v) is 4.31. The second-order valence-corrected chi connectivity index (χ2v) is 6.21. The molecule has 0 unspecified atom stereocenters. The van der Waals surface area contributed by atoms with Crippen LogP contribution < -0.4 is 5.73 Å². The highest BCUT2D eigenvalue weighted by atomic mass is 127. The standard InChI is InChI=1S/C16H23N3O.HI/c1-16(10-13-4-2-3-5-14(13)11-16)12-18-15(17)19-6-8-20-9-7-19;/h2-5H,6-12H2,1H3,(H2,17,18);1H. The molecule has 2 N–H and O–H groups in total. The normalized spacial score (nSPS) is 20.8. The van der Waals surface area contributed by atoms with Gasteiger partial charge >= 0.3 is 0 Å². The molecule has 5 heteroatoms. The van der Waals surface area contributed by atoms with E-state index in [1.54, 1.807) is 0 Å². The molecule has 2 aliphatic rings. The van der Waals surface area contributed by atoms with E-state index in [0.29, 0.717) is 5.96 Å². The van der Waals surface area contributed by atoms with Crippen LogP contribution in [0.4, 0.5) is 0 Å². The smallest absolute Gasteiger partial charge is 0.191 e. The van der Waals surface area contributed by atoms with Gasteiger partial charge in [-0.25, -0.2) is 0 Å². The molecule has 1 saturated heterocycles. The largest absolute Gasteiger partial charge is 0.378 e. The van der Waals surface area contributed by atoms with Crippen LogP contribution in [-0.4, -0.2) is 43.7 Å². The Morgan fingerprint density at radius 2 is 1.81 bits per heavy atom. The van der Waals surface area contributed by atoms with Gasteiger partial charge in [0.25, 0.3) is 0 Å². The second-order valence-electron chi connectivity index (χ2n) is 6.21. The maximum absolute atomic E-state index is 6.11. The summed E-state index contributed by atoms with van der Waals surface area (Å²) in [5.41, 5.74) is 9.26. The second kappa shape index (κ2) is 6.96. The average molecular weight is 401 g/mol. The van der Waals surface area contributed by atoms with Crippen molar-refractivity contribution in [3.8, 4) is 0 Å². The number of benzene rings is 1. The lowest BCUT2D eigenvalue weighted by Gasteiger charge is -2.29. The fourth-order valence-corrected chi connectivity index (χ4v) is 3.16. The Hall–Kier alpha value is -0.820. The molecule has 4 nitrogen and oxygen atoms in total. The van der Waals surface area contributed by atoms with E-state index in [1.807, 2.05) is 0 Å². The van der Waals surface area contributed by atoms with Crippen LogP contribution in [0.3, 0.4) is 0 Å². The van der Waals surface area contributed by atoms with Gasteiger partial charge in [0.2, 0.25) is 0 Å². The van der Waals surface area contributed by atoms with Gasteiger partial charge in [0.1, 0.15) is 0 Å². The van der Waals surface area contributed by atoms with Gasteiger partial charge in [-0.2, -0.15) is 0 Å². The van der Waals surface area contributed by atoms with Gasteiger partial charge in [0.15, 0.2) is 5.96 Å². The fraction of sp³-hybridized carbons (Fsp3) is 0.562. The first-order valence-corrected chi connectivity index (χ1v) is 7.36. The number of aliphatic imine (C=N–C) groups is 1. The van der Waals surface area contributed by atoms with Gasteiger partial charge in [-0.1, -0.05) is 31.2 Å². The van der Waals surface area contributed by atoms with E-state index in [1.165, 1.54) is 11.1 Å². The van der Waals surface area contributed by atoms with Crippen LogP contribution >= 0.6 is 24.0 Å². The zero-order chi connectivity index (χ0) is 14.0. The topological polar surface area (TPSA) is 50.8 Å². The van der Waals surface area contributed by atoms with Crippen molar-refractivity contribution in [1.82, 2.24) is 4.90 Å². The van der Waals surface area contributed by atoms with Crippen LogP contribution in [0.15, 0.2) is 29.3 Å². The molecule has 0 atom stereocenters. The first-order chi connectivity index (χ1) is 9.66. The zero-order valence-electron chi connectivity index (χ0n) is 12.5. The number of nitrogens with zero attached hydrogens (tertiary/aromatic N) is 2. The summed E-state index contributed by atoms with van der Waals surface area (Å²) in [6.45, 7) is 6.31.